The Hall–Kier alpha value is -0.450. The van der Waals surface area contributed by atoms with Crippen LogP contribution in [0.5, 0.6) is 0 Å². The van der Waals surface area contributed by atoms with E-state index in [1.165, 1.54) is 0 Å². The highest BCUT2D eigenvalue weighted by Crippen LogP contribution is 2.12. The van der Waals surface area contributed by atoms with Crippen LogP contribution < -0.4 is 10.4 Å². The zero-order valence-corrected chi connectivity index (χ0v) is 8.02. The molecule has 1 aliphatic heterocycles. The van der Waals surface area contributed by atoms with E-state index in [2.05, 4.69) is 5.32 Å². The van der Waals surface area contributed by atoms with Gasteiger partial charge in [0, 0.05) is 0 Å². The van der Waals surface area contributed by atoms with E-state index < -0.39 is 5.54 Å². The van der Waals surface area contributed by atoms with Gasteiger partial charge in [0.05, 0.1) is 5.54 Å². The first kappa shape index (κ1) is 9.64. The fourth-order valence-corrected chi connectivity index (χ4v) is 1.78. The summed E-state index contributed by atoms with van der Waals surface area (Å²) in [7, 11) is 0. The normalized spacial score (nSPS) is 33.4. The zero-order valence-electron chi connectivity index (χ0n) is 8.02. The van der Waals surface area contributed by atoms with Crippen LogP contribution in [0.15, 0.2) is 0 Å². The number of hydrogen-bond acceptors (Lipinski definition) is 3. The maximum atomic E-state index is 11.3. The highest BCUT2D eigenvalue weighted by atomic mass is 16.5. The molecule has 1 aliphatic rings. The molecule has 1 fully saturated rings. The third-order valence-electron chi connectivity index (χ3n) is 2.07. The first-order valence-corrected chi connectivity index (χ1v) is 4.12. The molecule has 70 valence electrons. The molecule has 0 bridgehead atoms. The average Bonchev–Trinajstić information content (AvgIpc) is 1.79. The minimum absolute atomic E-state index is 0.255. The molecular formula is C8H16N2O2. The number of nitrogens with one attached hydrogen (secondary N) is 2. The summed E-state index contributed by atoms with van der Waals surface area (Å²) in [6, 6.07) is 0. The minimum Gasteiger partial charge on any atom is -0.627 e. The lowest BCUT2D eigenvalue weighted by Gasteiger charge is -2.44. The van der Waals surface area contributed by atoms with Crippen LogP contribution in [0.1, 0.15) is 27.7 Å². The lowest BCUT2D eigenvalue weighted by molar-refractivity contribution is -0.778. The van der Waals surface area contributed by atoms with Crippen LogP contribution in [0, 0.1) is 5.21 Å². The smallest absolute Gasteiger partial charge is 0.331 e. The number of hydrogen-bond donors (Lipinski definition) is 2. The summed E-state index contributed by atoms with van der Waals surface area (Å²) in [5, 5.41) is 14.1. The SMILES string of the molecule is CC1(C)C[NH+]([O-])C(=O)C(C)(C)N1. The standard InChI is InChI=1S/C8H16N2O2/c1-7(2)5-10(12)6(11)8(3,4)9-7/h9-10H,5H2,1-4H3. The van der Waals surface area contributed by atoms with Crippen LogP contribution >= 0.6 is 0 Å². The Bertz CT molecular complexity index is 211. The molecule has 0 radical (unpaired) electrons. The third-order valence-corrected chi connectivity index (χ3v) is 2.07. The van der Waals surface area contributed by atoms with Gasteiger partial charge in [0.2, 0.25) is 0 Å². The Balaban J connectivity index is 2.87. The van der Waals surface area contributed by atoms with Crippen molar-refractivity contribution < 1.29 is 9.86 Å². The second-order valence-corrected chi connectivity index (χ2v) is 4.56. The van der Waals surface area contributed by atoms with Gasteiger partial charge >= 0.3 is 5.91 Å². The van der Waals surface area contributed by atoms with Crippen LogP contribution in [-0.2, 0) is 4.79 Å². The fourth-order valence-electron chi connectivity index (χ4n) is 1.78. The zero-order chi connectivity index (χ0) is 9.57. The van der Waals surface area contributed by atoms with Crippen molar-refractivity contribution in [3.63, 3.8) is 0 Å². The van der Waals surface area contributed by atoms with E-state index >= 15 is 0 Å². The first-order valence-electron chi connectivity index (χ1n) is 4.12. The average molecular weight is 172 g/mol. The number of amides is 1. The van der Waals surface area contributed by atoms with Crippen LogP contribution in [0.3, 0.4) is 0 Å². The van der Waals surface area contributed by atoms with Crippen LogP contribution in [-0.4, -0.2) is 23.5 Å². The van der Waals surface area contributed by atoms with Crippen LogP contribution in [0.25, 0.3) is 0 Å². The highest BCUT2D eigenvalue weighted by molar-refractivity contribution is 5.78. The monoisotopic (exact) mass is 172 g/mol. The summed E-state index contributed by atoms with van der Waals surface area (Å²) in [5.41, 5.74) is -0.951. The summed E-state index contributed by atoms with van der Waals surface area (Å²) in [6.45, 7) is 7.65. The number of piperazine rings is 1. The van der Waals surface area contributed by atoms with Gasteiger partial charge in [-0.2, -0.15) is 0 Å². The predicted molar refractivity (Wildman–Crippen MR) is 45.5 cm³/mol. The van der Waals surface area contributed by atoms with Gasteiger partial charge in [-0.3, -0.25) is 5.32 Å². The second-order valence-electron chi connectivity index (χ2n) is 4.56. The van der Waals surface area contributed by atoms with Gasteiger partial charge in [-0.25, -0.2) is 4.79 Å². The minimum atomic E-state index is -0.696. The van der Waals surface area contributed by atoms with Gasteiger partial charge in [-0.1, -0.05) is 0 Å². The Morgan fingerprint density at radius 3 is 2.33 bits per heavy atom. The summed E-state index contributed by atoms with van der Waals surface area (Å²) >= 11 is 0. The lowest BCUT2D eigenvalue weighted by atomic mass is 9.92. The molecule has 1 atom stereocenters. The Morgan fingerprint density at radius 2 is 1.92 bits per heavy atom. The van der Waals surface area contributed by atoms with E-state index in [9.17, 15) is 10.0 Å². The van der Waals surface area contributed by atoms with Gasteiger partial charge in [0.15, 0.2) is 0 Å². The van der Waals surface area contributed by atoms with Gasteiger partial charge in [-0.05, 0) is 27.7 Å². The number of carbonyl (C=O) groups excluding carboxylic acids is 1. The van der Waals surface area contributed by atoms with Crippen molar-refractivity contribution in [1.29, 1.82) is 0 Å². The molecule has 1 heterocycles. The Kier molecular flexibility index (Phi) is 2.02. The van der Waals surface area contributed by atoms with Crippen molar-refractivity contribution in [3.8, 4) is 0 Å². The van der Waals surface area contributed by atoms with Gasteiger partial charge < -0.3 is 10.3 Å². The lowest BCUT2D eigenvalue weighted by Crippen LogP contribution is -3.17. The molecule has 1 rings (SSSR count). The molecule has 1 saturated heterocycles. The fraction of sp³-hybridized carbons (Fsp3) is 0.875. The summed E-state index contributed by atoms with van der Waals surface area (Å²) < 4.78 is 0. The molecule has 1 amide bonds. The Labute approximate surface area is 72.5 Å². The van der Waals surface area contributed by atoms with E-state index in [1.54, 1.807) is 13.8 Å². The molecule has 0 spiro atoms. The van der Waals surface area contributed by atoms with E-state index in [-0.39, 0.29) is 16.5 Å². The van der Waals surface area contributed by atoms with E-state index in [4.69, 9.17) is 0 Å². The molecule has 1 unspecified atom stereocenters. The van der Waals surface area contributed by atoms with Crippen molar-refractivity contribution in [1.82, 2.24) is 5.32 Å². The molecule has 0 aromatic heterocycles. The molecule has 0 aromatic rings. The molecule has 0 aromatic carbocycles. The quantitative estimate of drug-likeness (QED) is 0.463. The molecule has 0 saturated carbocycles. The topological polar surface area (TPSA) is 56.6 Å². The molecule has 2 N–H and O–H groups in total. The maximum Gasteiger partial charge on any atom is 0.331 e. The Morgan fingerprint density at radius 1 is 1.42 bits per heavy atom. The summed E-state index contributed by atoms with van der Waals surface area (Å²) in [4.78, 5) is 11.3. The van der Waals surface area contributed by atoms with E-state index in [1.807, 2.05) is 13.8 Å². The molecular weight excluding hydrogens is 156 g/mol. The number of rotatable bonds is 0. The maximum absolute atomic E-state index is 11.3. The number of carbonyl (C=O) groups is 1. The second kappa shape index (κ2) is 2.52. The molecule has 4 nitrogen and oxygen atoms in total. The third kappa shape index (κ3) is 1.65. The van der Waals surface area contributed by atoms with Crippen molar-refractivity contribution in [2.75, 3.05) is 6.54 Å². The summed E-state index contributed by atoms with van der Waals surface area (Å²) in [5.74, 6) is -0.304. The van der Waals surface area contributed by atoms with Crippen LogP contribution in [0.2, 0.25) is 0 Å². The van der Waals surface area contributed by atoms with Gasteiger partial charge in [0.1, 0.15) is 12.1 Å². The first-order chi connectivity index (χ1) is 5.25. The van der Waals surface area contributed by atoms with E-state index in [0.717, 1.165) is 0 Å². The molecule has 4 heteroatoms. The molecule has 12 heavy (non-hydrogen) atoms. The molecule has 0 aliphatic carbocycles. The van der Waals surface area contributed by atoms with Crippen molar-refractivity contribution in [2.24, 2.45) is 0 Å². The highest BCUT2D eigenvalue weighted by Gasteiger charge is 2.44. The number of hydroxylamine groups is 2. The number of quaternary nitrogens is 1. The summed E-state index contributed by atoms with van der Waals surface area (Å²) in [6.07, 6.45) is 0. The van der Waals surface area contributed by atoms with Crippen LogP contribution in [0.4, 0.5) is 0 Å². The van der Waals surface area contributed by atoms with Gasteiger partial charge in [0.25, 0.3) is 0 Å². The van der Waals surface area contributed by atoms with E-state index in [0.29, 0.717) is 6.54 Å². The van der Waals surface area contributed by atoms with Crippen molar-refractivity contribution >= 4 is 5.91 Å². The van der Waals surface area contributed by atoms with Crippen molar-refractivity contribution in [2.45, 2.75) is 38.8 Å². The largest absolute Gasteiger partial charge is 0.627 e. The predicted octanol–water partition coefficient (Wildman–Crippen LogP) is -0.944. The van der Waals surface area contributed by atoms with Crippen molar-refractivity contribution in [3.05, 3.63) is 5.21 Å². The van der Waals surface area contributed by atoms with Gasteiger partial charge in [-0.15, -0.1) is 0 Å².